The predicted molar refractivity (Wildman–Crippen MR) is 104 cm³/mol. The summed E-state index contributed by atoms with van der Waals surface area (Å²) in [6.45, 7) is 1.47. The van der Waals surface area contributed by atoms with Gasteiger partial charge in [-0.2, -0.15) is 0 Å². The topological polar surface area (TPSA) is 56.3 Å². The molecule has 0 aliphatic rings. The van der Waals surface area contributed by atoms with Crippen molar-refractivity contribution in [2.45, 2.75) is 6.92 Å². The van der Waals surface area contributed by atoms with Crippen LogP contribution in [0, 0.1) is 0 Å². The minimum atomic E-state index is -2.05. The van der Waals surface area contributed by atoms with Crippen LogP contribution in [0.1, 0.15) is 6.92 Å². The average molecular weight is 352 g/mol. The first kappa shape index (κ1) is 18.9. The van der Waals surface area contributed by atoms with Gasteiger partial charge in [0.15, 0.2) is 7.26 Å². The number of hydrogen-bond acceptors (Lipinski definition) is 3. The summed E-state index contributed by atoms with van der Waals surface area (Å²) in [5, 5.41) is 3.64. The van der Waals surface area contributed by atoms with Gasteiger partial charge >= 0.3 is 5.97 Å². The first-order valence-electron chi connectivity index (χ1n) is 7.92. The van der Waals surface area contributed by atoms with E-state index in [-0.39, 0.29) is 11.4 Å². The largest absolute Gasteiger partial charge is 0.870 e. The maximum Gasteiger partial charge on any atom is 0.305 e. The third-order valence-electron chi connectivity index (χ3n) is 4.05. The second-order valence-electron chi connectivity index (χ2n) is 5.58. The van der Waals surface area contributed by atoms with Gasteiger partial charge in [-0.15, -0.1) is 0 Å². The third kappa shape index (κ3) is 3.96. The first-order chi connectivity index (χ1) is 11.7. The van der Waals surface area contributed by atoms with Crippen LogP contribution in [-0.4, -0.2) is 17.8 Å². The monoisotopic (exact) mass is 352 g/mol. The van der Waals surface area contributed by atoms with Gasteiger partial charge in [0.2, 0.25) is 6.35 Å². The number of hydrogen-bond donors (Lipinski definition) is 0. The summed E-state index contributed by atoms with van der Waals surface area (Å²) in [4.78, 5) is 11.6. The van der Waals surface area contributed by atoms with Crippen molar-refractivity contribution in [1.82, 2.24) is 0 Å². The van der Waals surface area contributed by atoms with E-state index in [0.29, 0.717) is 6.35 Å². The molecule has 3 aromatic carbocycles. The van der Waals surface area contributed by atoms with Crippen molar-refractivity contribution < 1.29 is 15.0 Å². The lowest BCUT2D eigenvalue weighted by atomic mass is 10.4. The van der Waals surface area contributed by atoms with E-state index in [1.54, 1.807) is 0 Å². The zero-order chi connectivity index (χ0) is 16.8. The van der Waals surface area contributed by atoms with Crippen LogP contribution in [0.15, 0.2) is 91.0 Å². The van der Waals surface area contributed by atoms with Crippen LogP contribution in [0.5, 0.6) is 0 Å². The summed E-state index contributed by atoms with van der Waals surface area (Å²) in [6, 6.07) is 31.1. The minimum absolute atomic E-state index is 0. The van der Waals surface area contributed by atoms with Crippen LogP contribution < -0.4 is 15.9 Å². The highest BCUT2D eigenvalue weighted by molar-refractivity contribution is 7.95. The minimum Gasteiger partial charge on any atom is -0.870 e. The molecule has 3 nitrogen and oxygen atoms in total. The van der Waals surface area contributed by atoms with Gasteiger partial charge < -0.3 is 10.2 Å². The van der Waals surface area contributed by atoms with Crippen LogP contribution in [0.4, 0.5) is 0 Å². The summed E-state index contributed by atoms with van der Waals surface area (Å²) >= 11 is 0. The standard InChI is InChI=1S/C21H20O2P.H2O/c1-18(22)23-17-24(19-11-5-2-6-12-19,20-13-7-3-8-14-20)21-15-9-4-10-16-21;/h2-16H,17H2,1H3;1H2/q+1;/p-1. The Morgan fingerprint density at radius 3 is 1.32 bits per heavy atom. The quantitative estimate of drug-likeness (QED) is 0.523. The first-order valence-corrected chi connectivity index (χ1v) is 9.89. The van der Waals surface area contributed by atoms with Gasteiger partial charge in [-0.05, 0) is 36.4 Å². The molecule has 0 unspecified atom stereocenters. The zero-order valence-electron chi connectivity index (χ0n) is 14.1. The van der Waals surface area contributed by atoms with E-state index < -0.39 is 7.26 Å². The lowest BCUT2D eigenvalue weighted by molar-refractivity contribution is -0.138. The highest BCUT2D eigenvalue weighted by atomic mass is 31.2. The van der Waals surface area contributed by atoms with Crippen LogP contribution in [0.2, 0.25) is 0 Å². The Bertz CT molecular complexity index is 692. The maximum atomic E-state index is 11.6. The zero-order valence-corrected chi connectivity index (χ0v) is 15.0. The number of ether oxygens (including phenoxy) is 1. The second-order valence-corrected chi connectivity index (χ2v) is 9.01. The highest BCUT2D eigenvalue weighted by Crippen LogP contribution is 2.55. The smallest absolute Gasteiger partial charge is 0.305 e. The molecule has 0 fully saturated rings. The SMILES string of the molecule is CC(=O)OC[P+](c1ccccc1)(c1ccccc1)c1ccccc1.[OH-]. The molecule has 4 heteroatoms. The van der Waals surface area contributed by atoms with E-state index >= 15 is 0 Å². The van der Waals surface area contributed by atoms with Crippen molar-refractivity contribution in [1.29, 1.82) is 0 Å². The molecule has 3 rings (SSSR count). The maximum absolute atomic E-state index is 11.6. The summed E-state index contributed by atoms with van der Waals surface area (Å²) < 4.78 is 5.58. The molecule has 0 aliphatic carbocycles. The molecule has 0 heterocycles. The third-order valence-corrected chi connectivity index (χ3v) is 8.11. The molecule has 0 atom stereocenters. The van der Waals surface area contributed by atoms with Crippen molar-refractivity contribution in [3.8, 4) is 0 Å². The Balaban J connectivity index is 0.00000225. The van der Waals surface area contributed by atoms with Gasteiger partial charge in [0.05, 0.1) is 0 Å². The Labute approximate surface area is 148 Å². The fraction of sp³-hybridized carbons (Fsp3) is 0.0952. The number of carbonyl (C=O) groups excluding carboxylic acids is 1. The molecule has 25 heavy (non-hydrogen) atoms. The molecular formula is C21H21O3P. The number of rotatable bonds is 5. The second kappa shape index (κ2) is 8.57. The Morgan fingerprint density at radius 1 is 0.720 bits per heavy atom. The normalized spacial score (nSPS) is 10.6. The van der Waals surface area contributed by atoms with Crippen molar-refractivity contribution in [2.24, 2.45) is 0 Å². The summed E-state index contributed by atoms with van der Waals surface area (Å²) in [6.07, 6.45) is 0.375. The number of carbonyl (C=O) groups is 1. The average Bonchev–Trinajstić information content (AvgIpc) is 2.65. The van der Waals surface area contributed by atoms with Crippen LogP contribution in [0.25, 0.3) is 0 Å². The van der Waals surface area contributed by atoms with Gasteiger partial charge in [0.1, 0.15) is 15.9 Å². The lowest BCUT2D eigenvalue weighted by Crippen LogP contribution is -2.34. The van der Waals surface area contributed by atoms with E-state index in [0.717, 1.165) is 0 Å². The predicted octanol–water partition coefficient (Wildman–Crippen LogP) is 3.32. The Kier molecular flexibility index (Phi) is 6.46. The van der Waals surface area contributed by atoms with E-state index in [1.807, 2.05) is 54.6 Å². The molecule has 0 saturated heterocycles. The van der Waals surface area contributed by atoms with Gasteiger partial charge in [-0.3, -0.25) is 4.79 Å². The van der Waals surface area contributed by atoms with Gasteiger partial charge in [0.25, 0.3) is 0 Å². The lowest BCUT2D eigenvalue weighted by Gasteiger charge is -2.26. The van der Waals surface area contributed by atoms with Crippen LogP contribution in [-0.2, 0) is 9.53 Å². The number of benzene rings is 3. The molecule has 1 N–H and O–H groups in total. The van der Waals surface area contributed by atoms with Crippen molar-refractivity contribution in [2.75, 3.05) is 6.35 Å². The Hall–Kier alpha value is -2.48. The molecule has 0 amide bonds. The molecule has 0 aromatic heterocycles. The highest BCUT2D eigenvalue weighted by Gasteiger charge is 2.46. The van der Waals surface area contributed by atoms with E-state index in [2.05, 4.69) is 36.4 Å². The van der Waals surface area contributed by atoms with Crippen molar-refractivity contribution >= 4 is 29.1 Å². The van der Waals surface area contributed by atoms with Crippen molar-refractivity contribution in [3.63, 3.8) is 0 Å². The van der Waals surface area contributed by atoms with Gasteiger partial charge in [-0.25, -0.2) is 0 Å². The molecule has 128 valence electrons. The molecular weight excluding hydrogens is 331 g/mol. The summed E-state index contributed by atoms with van der Waals surface area (Å²) in [5.41, 5.74) is 0. The number of esters is 1. The fourth-order valence-corrected chi connectivity index (χ4v) is 6.67. The van der Waals surface area contributed by atoms with Crippen molar-refractivity contribution in [3.05, 3.63) is 91.0 Å². The van der Waals surface area contributed by atoms with E-state index in [1.165, 1.54) is 22.8 Å². The Morgan fingerprint density at radius 2 is 1.04 bits per heavy atom. The van der Waals surface area contributed by atoms with Gasteiger partial charge in [0, 0.05) is 6.92 Å². The molecule has 0 bridgehead atoms. The molecule has 3 aromatic rings. The van der Waals surface area contributed by atoms with Crippen LogP contribution >= 0.6 is 7.26 Å². The molecule has 0 spiro atoms. The van der Waals surface area contributed by atoms with E-state index in [4.69, 9.17) is 4.74 Å². The molecule has 0 aliphatic heterocycles. The summed E-state index contributed by atoms with van der Waals surface area (Å²) in [5.74, 6) is -0.248. The fourth-order valence-electron chi connectivity index (χ4n) is 2.91. The van der Waals surface area contributed by atoms with E-state index in [9.17, 15) is 4.79 Å². The van der Waals surface area contributed by atoms with Crippen LogP contribution in [0.3, 0.4) is 0 Å². The molecule has 0 radical (unpaired) electrons. The summed E-state index contributed by atoms with van der Waals surface area (Å²) in [7, 11) is -2.05. The molecule has 0 saturated carbocycles. The van der Waals surface area contributed by atoms with Gasteiger partial charge in [-0.1, -0.05) is 54.6 Å².